The average Bonchev–Trinajstić information content (AvgIpc) is 2.24. The van der Waals surface area contributed by atoms with E-state index in [0.29, 0.717) is 0 Å². The van der Waals surface area contributed by atoms with Gasteiger partial charge in [-0.1, -0.05) is 20.8 Å². The Bertz CT molecular complexity index is 436. The lowest BCUT2D eigenvalue weighted by Crippen LogP contribution is -2.35. The van der Waals surface area contributed by atoms with Gasteiger partial charge in [-0.2, -0.15) is 0 Å². The van der Waals surface area contributed by atoms with Gasteiger partial charge in [-0.15, -0.1) is 0 Å². The Morgan fingerprint density at radius 3 is 2.59 bits per heavy atom. The first-order valence-corrected chi connectivity index (χ1v) is 5.27. The number of hydrogen-bond acceptors (Lipinski definition) is 4. The fourth-order valence-electron chi connectivity index (χ4n) is 1.10. The number of nitrogens with one attached hydrogen (secondary N) is 1. The van der Waals surface area contributed by atoms with Crippen molar-refractivity contribution in [1.82, 2.24) is 10.3 Å². The molecule has 0 aliphatic rings. The summed E-state index contributed by atoms with van der Waals surface area (Å²) < 4.78 is 0. The molecule has 1 heterocycles. The summed E-state index contributed by atoms with van der Waals surface area (Å²) in [6.45, 7) is 5.30. The number of amides is 1. The van der Waals surface area contributed by atoms with Crippen LogP contribution < -0.4 is 5.32 Å². The summed E-state index contributed by atoms with van der Waals surface area (Å²) in [5.41, 5.74) is -0.380. The third-order valence-electron chi connectivity index (χ3n) is 2.29. The van der Waals surface area contributed by atoms with Crippen molar-refractivity contribution in [3.05, 3.63) is 24.0 Å². The van der Waals surface area contributed by atoms with E-state index in [1.54, 1.807) is 20.8 Å². The van der Waals surface area contributed by atoms with Crippen LogP contribution in [0.1, 0.15) is 31.1 Å². The van der Waals surface area contributed by atoms with Crippen molar-refractivity contribution in [3.8, 4) is 5.75 Å². The number of nitrogens with zero attached hydrogens (tertiary/aromatic N) is 1. The fourth-order valence-corrected chi connectivity index (χ4v) is 1.10. The van der Waals surface area contributed by atoms with Crippen LogP contribution >= 0.6 is 0 Å². The number of aromatic hydroxyl groups is 1. The molecule has 5 heteroatoms. The normalized spacial score (nSPS) is 11.0. The molecule has 92 valence electrons. The van der Waals surface area contributed by atoms with Crippen LogP contribution in [0.5, 0.6) is 5.75 Å². The van der Waals surface area contributed by atoms with Crippen molar-refractivity contribution in [1.29, 1.82) is 0 Å². The van der Waals surface area contributed by atoms with Crippen molar-refractivity contribution in [3.63, 3.8) is 0 Å². The van der Waals surface area contributed by atoms with Gasteiger partial charge in [-0.25, -0.2) is 0 Å². The van der Waals surface area contributed by atoms with E-state index in [1.807, 2.05) is 0 Å². The van der Waals surface area contributed by atoms with E-state index in [1.165, 1.54) is 18.5 Å². The molecule has 1 aromatic rings. The van der Waals surface area contributed by atoms with E-state index in [0.717, 1.165) is 0 Å². The molecule has 0 saturated heterocycles. The topological polar surface area (TPSA) is 79.3 Å². The number of Topliss-reactive ketones (excluding diaryl/α,β-unsaturated/α-hetero) is 1. The van der Waals surface area contributed by atoms with Gasteiger partial charge >= 0.3 is 0 Å². The second-order valence-corrected chi connectivity index (χ2v) is 4.75. The first-order valence-electron chi connectivity index (χ1n) is 5.27. The average molecular weight is 236 g/mol. The third-order valence-corrected chi connectivity index (χ3v) is 2.29. The number of ketones is 1. The van der Waals surface area contributed by atoms with E-state index in [-0.39, 0.29) is 23.6 Å². The second kappa shape index (κ2) is 4.95. The van der Waals surface area contributed by atoms with Crippen LogP contribution in [0, 0.1) is 5.41 Å². The molecule has 0 aliphatic carbocycles. The zero-order chi connectivity index (χ0) is 13.1. The molecule has 0 spiro atoms. The predicted octanol–water partition coefficient (Wildman–Crippen LogP) is 1.13. The highest BCUT2D eigenvalue weighted by atomic mass is 16.3. The maximum absolute atomic E-state index is 11.6. The highest BCUT2D eigenvalue weighted by Crippen LogP contribution is 2.15. The van der Waals surface area contributed by atoms with Gasteiger partial charge in [0.25, 0.3) is 5.91 Å². The third kappa shape index (κ3) is 3.55. The van der Waals surface area contributed by atoms with Crippen molar-refractivity contribution in [2.75, 3.05) is 6.54 Å². The Morgan fingerprint density at radius 1 is 1.41 bits per heavy atom. The number of aromatic nitrogens is 1. The Balaban J connectivity index is 2.63. The molecule has 0 fully saturated rings. The molecule has 0 unspecified atom stereocenters. The van der Waals surface area contributed by atoms with Crippen LogP contribution in [0.3, 0.4) is 0 Å². The summed E-state index contributed by atoms with van der Waals surface area (Å²) in [6, 6.07) is 1.40. The lowest BCUT2D eigenvalue weighted by molar-refractivity contribution is -0.125. The number of carbonyl (C=O) groups is 2. The molecule has 0 aromatic carbocycles. The van der Waals surface area contributed by atoms with E-state index in [9.17, 15) is 14.7 Å². The first-order chi connectivity index (χ1) is 7.82. The van der Waals surface area contributed by atoms with Gasteiger partial charge in [0.2, 0.25) is 0 Å². The highest BCUT2D eigenvalue weighted by Gasteiger charge is 2.22. The number of rotatable bonds is 3. The van der Waals surface area contributed by atoms with Crippen LogP contribution in [0.15, 0.2) is 18.5 Å². The molecule has 0 bridgehead atoms. The molecular formula is C12H16N2O3. The zero-order valence-corrected chi connectivity index (χ0v) is 10.2. The molecule has 0 radical (unpaired) electrons. The fraction of sp³-hybridized carbons (Fsp3) is 0.417. The summed E-state index contributed by atoms with van der Waals surface area (Å²) in [6.07, 6.45) is 2.58. The SMILES string of the molecule is CC(C)(C)C(=O)CNC(=O)c1ccncc1O. The number of hydrogen-bond donors (Lipinski definition) is 2. The minimum Gasteiger partial charge on any atom is -0.505 e. The van der Waals surface area contributed by atoms with E-state index < -0.39 is 11.3 Å². The van der Waals surface area contributed by atoms with Crippen LogP contribution in [0.4, 0.5) is 0 Å². The summed E-state index contributed by atoms with van der Waals surface area (Å²) in [4.78, 5) is 26.9. The monoisotopic (exact) mass is 236 g/mol. The Kier molecular flexibility index (Phi) is 3.83. The molecule has 0 atom stereocenters. The van der Waals surface area contributed by atoms with Gasteiger partial charge < -0.3 is 10.4 Å². The van der Waals surface area contributed by atoms with Gasteiger partial charge in [0.15, 0.2) is 5.78 Å². The lowest BCUT2D eigenvalue weighted by atomic mass is 9.91. The smallest absolute Gasteiger partial charge is 0.255 e. The number of carbonyl (C=O) groups excluding carboxylic acids is 2. The first kappa shape index (κ1) is 13.2. The predicted molar refractivity (Wildman–Crippen MR) is 62.7 cm³/mol. The molecule has 0 saturated carbocycles. The quantitative estimate of drug-likeness (QED) is 0.824. The standard InChI is InChI=1S/C12H16N2O3/c1-12(2,3)10(16)7-14-11(17)8-4-5-13-6-9(8)15/h4-6,15H,7H2,1-3H3,(H,14,17). The molecule has 1 amide bonds. The molecule has 0 aliphatic heterocycles. The molecular weight excluding hydrogens is 220 g/mol. The molecule has 17 heavy (non-hydrogen) atoms. The Morgan fingerprint density at radius 2 is 2.06 bits per heavy atom. The minimum absolute atomic E-state index is 0.0515. The van der Waals surface area contributed by atoms with Crippen LogP contribution in [0.25, 0.3) is 0 Å². The van der Waals surface area contributed by atoms with Crippen molar-refractivity contribution in [2.45, 2.75) is 20.8 Å². The van der Waals surface area contributed by atoms with E-state index in [2.05, 4.69) is 10.3 Å². The Hall–Kier alpha value is -1.91. The van der Waals surface area contributed by atoms with Crippen LogP contribution in [-0.2, 0) is 4.79 Å². The maximum atomic E-state index is 11.6. The molecule has 1 rings (SSSR count). The minimum atomic E-state index is -0.492. The van der Waals surface area contributed by atoms with E-state index >= 15 is 0 Å². The molecule has 1 aromatic heterocycles. The van der Waals surface area contributed by atoms with Gasteiger partial charge in [-0.3, -0.25) is 14.6 Å². The van der Waals surface area contributed by atoms with Crippen LogP contribution in [-0.4, -0.2) is 28.3 Å². The molecule has 5 nitrogen and oxygen atoms in total. The largest absolute Gasteiger partial charge is 0.505 e. The second-order valence-electron chi connectivity index (χ2n) is 4.75. The molecule has 2 N–H and O–H groups in total. The Labute approximate surface area is 99.9 Å². The summed E-state index contributed by atoms with van der Waals surface area (Å²) in [5.74, 6) is -0.755. The lowest BCUT2D eigenvalue weighted by Gasteiger charge is -2.16. The zero-order valence-electron chi connectivity index (χ0n) is 10.2. The summed E-state index contributed by atoms with van der Waals surface area (Å²) >= 11 is 0. The number of pyridine rings is 1. The van der Waals surface area contributed by atoms with Gasteiger partial charge in [-0.05, 0) is 6.07 Å². The van der Waals surface area contributed by atoms with Crippen LogP contribution in [0.2, 0.25) is 0 Å². The van der Waals surface area contributed by atoms with Gasteiger partial charge in [0, 0.05) is 11.6 Å². The summed E-state index contributed by atoms with van der Waals surface area (Å²) in [7, 11) is 0. The van der Waals surface area contributed by atoms with Crippen molar-refractivity contribution < 1.29 is 14.7 Å². The highest BCUT2D eigenvalue weighted by molar-refractivity contribution is 5.99. The van der Waals surface area contributed by atoms with Gasteiger partial charge in [0.05, 0.1) is 18.3 Å². The van der Waals surface area contributed by atoms with E-state index in [4.69, 9.17) is 0 Å². The maximum Gasteiger partial charge on any atom is 0.255 e. The van der Waals surface area contributed by atoms with Crippen molar-refractivity contribution >= 4 is 11.7 Å². The van der Waals surface area contributed by atoms with Crippen molar-refractivity contribution in [2.24, 2.45) is 5.41 Å². The summed E-state index contributed by atoms with van der Waals surface area (Å²) in [5, 5.41) is 11.9. The van der Waals surface area contributed by atoms with Gasteiger partial charge in [0.1, 0.15) is 5.75 Å².